The van der Waals surface area contributed by atoms with Gasteiger partial charge in [0, 0.05) is 35.7 Å². The summed E-state index contributed by atoms with van der Waals surface area (Å²) in [7, 11) is -3.62. The van der Waals surface area contributed by atoms with E-state index in [-0.39, 0.29) is 16.5 Å². The van der Waals surface area contributed by atoms with Crippen LogP contribution in [0.25, 0.3) is 0 Å². The summed E-state index contributed by atoms with van der Waals surface area (Å²) in [5.41, 5.74) is 2.00. The van der Waals surface area contributed by atoms with Gasteiger partial charge in [0.15, 0.2) is 0 Å². The minimum Gasteiger partial charge on any atom is -0.322 e. The first-order valence-electron chi connectivity index (χ1n) is 11.1. The van der Waals surface area contributed by atoms with Crippen LogP contribution in [0, 0.1) is 0 Å². The molecule has 0 radical (unpaired) electrons. The van der Waals surface area contributed by atoms with Crippen molar-refractivity contribution in [3.8, 4) is 0 Å². The Morgan fingerprint density at radius 2 is 1.26 bits per heavy atom. The molecule has 1 aliphatic heterocycles. The van der Waals surface area contributed by atoms with Gasteiger partial charge in [-0.2, -0.15) is 4.31 Å². The van der Waals surface area contributed by atoms with Gasteiger partial charge in [0.1, 0.15) is 0 Å². The van der Waals surface area contributed by atoms with Crippen molar-refractivity contribution in [1.82, 2.24) is 4.31 Å². The van der Waals surface area contributed by atoms with E-state index in [4.69, 9.17) is 0 Å². The normalized spacial score (nSPS) is 14.2. The molecule has 3 aromatic rings. The number of amides is 3. The molecule has 0 saturated carbocycles. The highest BCUT2D eigenvalue weighted by Gasteiger charge is 2.26. The maximum absolute atomic E-state index is 12.9. The first kappa shape index (κ1) is 23.5. The molecular formula is C25H26N4O4S. The molecule has 8 nitrogen and oxygen atoms in total. The Morgan fingerprint density at radius 3 is 1.91 bits per heavy atom. The zero-order valence-corrected chi connectivity index (χ0v) is 19.3. The van der Waals surface area contributed by atoms with E-state index < -0.39 is 15.9 Å². The van der Waals surface area contributed by atoms with E-state index in [0.717, 1.165) is 19.3 Å². The van der Waals surface area contributed by atoms with Crippen LogP contribution in [-0.4, -0.2) is 37.8 Å². The Bertz CT molecular complexity index is 1260. The zero-order chi connectivity index (χ0) is 24.0. The summed E-state index contributed by atoms with van der Waals surface area (Å²) in [5.74, 6) is -0.418. The predicted octanol–water partition coefficient (Wildman–Crippen LogP) is 4.76. The van der Waals surface area contributed by atoms with Crippen molar-refractivity contribution in [2.75, 3.05) is 29.0 Å². The number of nitrogens with one attached hydrogen (secondary N) is 3. The van der Waals surface area contributed by atoms with Gasteiger partial charge < -0.3 is 16.0 Å². The predicted molar refractivity (Wildman–Crippen MR) is 133 cm³/mol. The van der Waals surface area contributed by atoms with Gasteiger partial charge in [0.2, 0.25) is 10.0 Å². The van der Waals surface area contributed by atoms with Crippen LogP contribution < -0.4 is 16.0 Å². The molecule has 1 fully saturated rings. The summed E-state index contributed by atoms with van der Waals surface area (Å²) in [6.45, 7) is 1.00. The summed E-state index contributed by atoms with van der Waals surface area (Å²) in [6, 6.07) is 21.4. The molecule has 1 heterocycles. The Kier molecular flexibility index (Phi) is 7.24. The fourth-order valence-corrected chi connectivity index (χ4v) is 5.27. The summed E-state index contributed by atoms with van der Waals surface area (Å²) in [4.78, 5) is 25.0. The number of urea groups is 1. The average Bonchev–Trinajstić information content (AvgIpc) is 2.86. The molecule has 0 atom stereocenters. The number of nitrogens with zero attached hydrogens (tertiary/aromatic N) is 1. The molecule has 34 heavy (non-hydrogen) atoms. The highest BCUT2D eigenvalue weighted by atomic mass is 32.2. The summed E-state index contributed by atoms with van der Waals surface area (Å²) in [5, 5.41) is 8.21. The lowest BCUT2D eigenvalue weighted by atomic mass is 10.2. The third kappa shape index (κ3) is 5.81. The molecule has 0 spiro atoms. The first-order chi connectivity index (χ1) is 16.4. The maximum atomic E-state index is 12.9. The Labute approximate surface area is 199 Å². The number of piperidine rings is 1. The van der Waals surface area contributed by atoms with Gasteiger partial charge in [-0.05, 0) is 67.4 Å². The molecule has 3 aromatic carbocycles. The SMILES string of the molecule is O=C(Nc1ccccc1)Nc1ccc(NC(=O)c2cccc(S(=O)(=O)N3CCCCC3)c2)cc1. The highest BCUT2D eigenvalue weighted by molar-refractivity contribution is 7.89. The van der Waals surface area contributed by atoms with Gasteiger partial charge in [0.25, 0.3) is 5.91 Å². The fourth-order valence-electron chi connectivity index (χ4n) is 3.71. The maximum Gasteiger partial charge on any atom is 0.323 e. The highest BCUT2D eigenvalue weighted by Crippen LogP contribution is 2.22. The number of sulfonamides is 1. The van der Waals surface area contributed by atoms with Gasteiger partial charge in [-0.1, -0.05) is 30.7 Å². The second kappa shape index (κ2) is 10.5. The second-order valence-corrected chi connectivity index (χ2v) is 9.91. The summed E-state index contributed by atoms with van der Waals surface area (Å²) >= 11 is 0. The minimum absolute atomic E-state index is 0.117. The van der Waals surface area contributed by atoms with Crippen LogP contribution in [0.2, 0.25) is 0 Å². The number of hydrogen-bond donors (Lipinski definition) is 3. The molecule has 3 N–H and O–H groups in total. The molecule has 0 bridgehead atoms. The topological polar surface area (TPSA) is 108 Å². The summed E-state index contributed by atoms with van der Waals surface area (Å²) in [6.07, 6.45) is 2.72. The average molecular weight is 479 g/mol. The van der Waals surface area contributed by atoms with Crippen molar-refractivity contribution >= 4 is 39.0 Å². The van der Waals surface area contributed by atoms with E-state index in [9.17, 15) is 18.0 Å². The fraction of sp³-hybridized carbons (Fsp3) is 0.200. The van der Waals surface area contributed by atoms with Gasteiger partial charge >= 0.3 is 6.03 Å². The van der Waals surface area contributed by atoms with E-state index >= 15 is 0 Å². The molecule has 4 rings (SSSR count). The number of para-hydroxylation sites is 1. The van der Waals surface area contributed by atoms with Gasteiger partial charge in [0.05, 0.1) is 4.90 Å². The largest absolute Gasteiger partial charge is 0.323 e. The number of carbonyl (C=O) groups is 2. The van der Waals surface area contributed by atoms with Gasteiger partial charge in [-0.25, -0.2) is 13.2 Å². The van der Waals surface area contributed by atoms with Crippen molar-refractivity contribution in [2.45, 2.75) is 24.2 Å². The molecule has 3 amide bonds. The lowest BCUT2D eigenvalue weighted by Gasteiger charge is -2.26. The molecular weight excluding hydrogens is 452 g/mol. The number of carbonyl (C=O) groups excluding carboxylic acids is 2. The minimum atomic E-state index is -3.62. The number of anilines is 3. The quantitative estimate of drug-likeness (QED) is 0.475. The van der Waals surface area contributed by atoms with Crippen molar-refractivity contribution in [2.24, 2.45) is 0 Å². The van der Waals surface area contributed by atoms with Crippen LogP contribution in [0.15, 0.2) is 83.8 Å². The second-order valence-electron chi connectivity index (χ2n) is 7.97. The zero-order valence-electron chi connectivity index (χ0n) is 18.5. The molecule has 0 aliphatic carbocycles. The first-order valence-corrected chi connectivity index (χ1v) is 12.5. The Balaban J connectivity index is 1.38. The number of rotatable bonds is 6. The van der Waals surface area contributed by atoms with E-state index in [2.05, 4.69) is 16.0 Å². The molecule has 0 unspecified atom stereocenters. The third-order valence-electron chi connectivity index (χ3n) is 5.48. The van der Waals surface area contributed by atoms with Crippen LogP contribution in [0.3, 0.4) is 0 Å². The molecule has 0 aromatic heterocycles. The van der Waals surface area contributed by atoms with E-state index in [1.54, 1.807) is 48.5 Å². The smallest absolute Gasteiger partial charge is 0.322 e. The standard InChI is InChI=1S/C25H26N4O4S/c30-24(19-8-7-11-23(18-19)34(32,33)29-16-5-2-6-17-29)26-21-12-14-22(15-13-21)28-25(31)27-20-9-3-1-4-10-20/h1,3-4,7-15,18H,2,5-6,16-17H2,(H,26,30)(H2,27,28,31). The van der Waals surface area contributed by atoms with Gasteiger partial charge in [-0.15, -0.1) is 0 Å². The van der Waals surface area contributed by atoms with Crippen molar-refractivity contribution in [3.05, 3.63) is 84.4 Å². The lowest BCUT2D eigenvalue weighted by Crippen LogP contribution is -2.35. The Hall–Kier alpha value is -3.69. The van der Waals surface area contributed by atoms with E-state index in [0.29, 0.717) is 30.2 Å². The number of hydrogen-bond acceptors (Lipinski definition) is 4. The molecule has 1 aliphatic rings. The third-order valence-corrected chi connectivity index (χ3v) is 7.38. The van der Waals surface area contributed by atoms with Crippen molar-refractivity contribution in [1.29, 1.82) is 0 Å². The van der Waals surface area contributed by atoms with Gasteiger partial charge in [-0.3, -0.25) is 4.79 Å². The molecule has 9 heteroatoms. The van der Waals surface area contributed by atoms with Crippen LogP contribution in [0.4, 0.5) is 21.9 Å². The van der Waals surface area contributed by atoms with Crippen molar-refractivity contribution < 1.29 is 18.0 Å². The van der Waals surface area contributed by atoms with Crippen LogP contribution in [0.1, 0.15) is 29.6 Å². The van der Waals surface area contributed by atoms with Crippen LogP contribution >= 0.6 is 0 Å². The van der Waals surface area contributed by atoms with Crippen LogP contribution in [-0.2, 0) is 10.0 Å². The van der Waals surface area contributed by atoms with Crippen molar-refractivity contribution in [3.63, 3.8) is 0 Å². The molecule has 1 saturated heterocycles. The molecule has 176 valence electrons. The summed E-state index contributed by atoms with van der Waals surface area (Å²) < 4.78 is 27.3. The van der Waals surface area contributed by atoms with Crippen LogP contribution in [0.5, 0.6) is 0 Å². The Morgan fingerprint density at radius 1 is 0.676 bits per heavy atom. The number of benzene rings is 3. The lowest BCUT2D eigenvalue weighted by molar-refractivity contribution is 0.102. The monoisotopic (exact) mass is 478 g/mol. The van der Waals surface area contributed by atoms with E-state index in [1.807, 2.05) is 18.2 Å². The van der Waals surface area contributed by atoms with E-state index in [1.165, 1.54) is 16.4 Å².